The van der Waals surface area contributed by atoms with Crippen LogP contribution in [0.25, 0.3) is 0 Å². The molecule has 2 atom stereocenters. The normalized spacial score (nSPS) is 13.9. The summed E-state index contributed by atoms with van der Waals surface area (Å²) < 4.78 is 0. The maximum Gasteiger partial charge on any atom is 0.237 e. The van der Waals surface area contributed by atoms with E-state index in [1.54, 1.807) is 0 Å². The van der Waals surface area contributed by atoms with Gasteiger partial charge in [0, 0.05) is 6.54 Å². The molecule has 18 heavy (non-hydrogen) atoms. The standard InChI is InChI=1S/C14H22N2O2/c1-2-12(17)8-9-16-14(18)13(15)10-11-6-4-3-5-7-11/h3-7,12-13,17H,2,8-10,15H2,1H3,(H,16,18). The first kappa shape index (κ1) is 14.7. The van der Waals surface area contributed by atoms with E-state index in [0.717, 1.165) is 5.56 Å². The number of nitrogens with one attached hydrogen (secondary N) is 1. The topological polar surface area (TPSA) is 75.3 Å². The van der Waals surface area contributed by atoms with Crippen molar-refractivity contribution in [3.05, 3.63) is 35.9 Å². The predicted molar refractivity (Wildman–Crippen MR) is 72.0 cm³/mol. The van der Waals surface area contributed by atoms with Crippen molar-refractivity contribution in [2.45, 2.75) is 38.3 Å². The molecule has 1 amide bonds. The molecular formula is C14H22N2O2. The minimum atomic E-state index is -0.536. The van der Waals surface area contributed by atoms with Gasteiger partial charge in [-0.2, -0.15) is 0 Å². The molecule has 0 bridgehead atoms. The molecule has 0 aliphatic heterocycles. The second-order valence-corrected chi connectivity index (χ2v) is 4.44. The van der Waals surface area contributed by atoms with Gasteiger partial charge in [0.1, 0.15) is 0 Å². The third-order valence-electron chi connectivity index (χ3n) is 2.88. The summed E-state index contributed by atoms with van der Waals surface area (Å²) in [6, 6.07) is 9.16. The Hall–Kier alpha value is -1.39. The highest BCUT2D eigenvalue weighted by molar-refractivity contribution is 5.81. The van der Waals surface area contributed by atoms with Gasteiger partial charge in [-0.1, -0.05) is 37.3 Å². The summed E-state index contributed by atoms with van der Waals surface area (Å²) in [6.07, 6.45) is 1.45. The van der Waals surface area contributed by atoms with E-state index < -0.39 is 6.04 Å². The largest absolute Gasteiger partial charge is 0.393 e. The fourth-order valence-corrected chi connectivity index (χ4v) is 1.66. The highest BCUT2D eigenvalue weighted by Crippen LogP contribution is 2.02. The lowest BCUT2D eigenvalue weighted by Gasteiger charge is -2.13. The number of hydrogen-bond donors (Lipinski definition) is 3. The van der Waals surface area contributed by atoms with E-state index in [1.807, 2.05) is 37.3 Å². The van der Waals surface area contributed by atoms with Crippen molar-refractivity contribution in [3.8, 4) is 0 Å². The highest BCUT2D eigenvalue weighted by atomic mass is 16.3. The molecule has 1 aromatic carbocycles. The average Bonchev–Trinajstić information content (AvgIpc) is 2.39. The van der Waals surface area contributed by atoms with Crippen LogP contribution in [0.15, 0.2) is 30.3 Å². The molecule has 4 nitrogen and oxygen atoms in total. The van der Waals surface area contributed by atoms with Crippen LogP contribution in [0.5, 0.6) is 0 Å². The molecule has 0 saturated heterocycles. The molecule has 0 saturated carbocycles. The number of aliphatic hydroxyl groups excluding tert-OH is 1. The van der Waals surface area contributed by atoms with Gasteiger partial charge in [-0.15, -0.1) is 0 Å². The number of nitrogens with two attached hydrogens (primary N) is 1. The molecule has 4 heteroatoms. The Balaban J connectivity index is 2.29. The summed E-state index contributed by atoms with van der Waals surface area (Å²) in [5.41, 5.74) is 6.87. The molecule has 0 radical (unpaired) electrons. The molecule has 0 aromatic heterocycles. The van der Waals surface area contributed by atoms with Crippen LogP contribution in [-0.4, -0.2) is 29.7 Å². The van der Waals surface area contributed by atoms with Gasteiger partial charge in [-0.25, -0.2) is 0 Å². The Labute approximate surface area is 108 Å². The van der Waals surface area contributed by atoms with E-state index in [-0.39, 0.29) is 12.0 Å². The molecule has 0 aliphatic carbocycles. The zero-order valence-electron chi connectivity index (χ0n) is 10.8. The molecule has 0 spiro atoms. The molecule has 0 heterocycles. The minimum Gasteiger partial charge on any atom is -0.393 e. The molecule has 100 valence electrons. The third kappa shape index (κ3) is 5.29. The Morgan fingerprint density at radius 2 is 2.06 bits per heavy atom. The van der Waals surface area contributed by atoms with E-state index in [1.165, 1.54) is 0 Å². The number of rotatable bonds is 7. The van der Waals surface area contributed by atoms with Crippen molar-refractivity contribution < 1.29 is 9.90 Å². The number of carbonyl (C=O) groups excluding carboxylic acids is 1. The molecule has 0 fully saturated rings. The van der Waals surface area contributed by atoms with Crippen LogP contribution in [-0.2, 0) is 11.2 Å². The SMILES string of the molecule is CCC(O)CCNC(=O)C(N)Cc1ccccc1. The molecule has 0 aliphatic rings. The summed E-state index contributed by atoms with van der Waals surface area (Å²) >= 11 is 0. The predicted octanol–water partition coefficient (Wildman–Crippen LogP) is 0.834. The first-order valence-corrected chi connectivity index (χ1v) is 6.38. The zero-order valence-corrected chi connectivity index (χ0v) is 10.8. The van der Waals surface area contributed by atoms with Gasteiger partial charge in [-0.3, -0.25) is 4.79 Å². The van der Waals surface area contributed by atoms with Gasteiger partial charge < -0.3 is 16.2 Å². The fourth-order valence-electron chi connectivity index (χ4n) is 1.66. The van der Waals surface area contributed by atoms with Crippen molar-refractivity contribution in [1.29, 1.82) is 0 Å². The van der Waals surface area contributed by atoms with Crippen LogP contribution < -0.4 is 11.1 Å². The molecular weight excluding hydrogens is 228 g/mol. The monoisotopic (exact) mass is 250 g/mol. The van der Waals surface area contributed by atoms with E-state index >= 15 is 0 Å². The van der Waals surface area contributed by atoms with E-state index in [4.69, 9.17) is 5.73 Å². The number of hydrogen-bond acceptors (Lipinski definition) is 3. The van der Waals surface area contributed by atoms with Gasteiger partial charge in [0.05, 0.1) is 12.1 Å². The van der Waals surface area contributed by atoms with Crippen LogP contribution in [0.4, 0.5) is 0 Å². The first-order valence-electron chi connectivity index (χ1n) is 6.38. The fraction of sp³-hybridized carbons (Fsp3) is 0.500. The summed E-state index contributed by atoms with van der Waals surface area (Å²) in [5, 5.41) is 12.1. The van der Waals surface area contributed by atoms with Crippen molar-refractivity contribution >= 4 is 5.91 Å². The second kappa shape index (κ2) is 7.84. The average molecular weight is 250 g/mol. The van der Waals surface area contributed by atoms with Crippen LogP contribution in [0.2, 0.25) is 0 Å². The minimum absolute atomic E-state index is 0.165. The van der Waals surface area contributed by atoms with Gasteiger partial charge in [-0.05, 0) is 24.8 Å². The molecule has 1 rings (SSSR count). The maximum absolute atomic E-state index is 11.7. The summed E-state index contributed by atoms with van der Waals surface area (Å²) in [6.45, 7) is 2.38. The lowest BCUT2D eigenvalue weighted by atomic mass is 10.1. The summed E-state index contributed by atoms with van der Waals surface area (Å²) in [4.78, 5) is 11.7. The maximum atomic E-state index is 11.7. The van der Waals surface area contributed by atoms with E-state index in [9.17, 15) is 9.90 Å². The van der Waals surface area contributed by atoms with Crippen molar-refractivity contribution in [3.63, 3.8) is 0 Å². The van der Waals surface area contributed by atoms with Gasteiger partial charge in [0.15, 0.2) is 0 Å². The lowest BCUT2D eigenvalue weighted by Crippen LogP contribution is -2.42. The number of amides is 1. The Morgan fingerprint density at radius 3 is 2.67 bits per heavy atom. The summed E-state index contributed by atoms with van der Waals surface area (Å²) in [7, 11) is 0. The lowest BCUT2D eigenvalue weighted by molar-refractivity contribution is -0.122. The van der Waals surface area contributed by atoms with Crippen LogP contribution >= 0.6 is 0 Å². The molecule has 1 aromatic rings. The Bertz CT molecular complexity index is 354. The first-order chi connectivity index (χ1) is 8.63. The van der Waals surface area contributed by atoms with Crippen LogP contribution in [0.1, 0.15) is 25.3 Å². The zero-order chi connectivity index (χ0) is 13.4. The Kier molecular flexibility index (Phi) is 6.39. The smallest absolute Gasteiger partial charge is 0.237 e. The van der Waals surface area contributed by atoms with Crippen molar-refractivity contribution in [1.82, 2.24) is 5.32 Å². The van der Waals surface area contributed by atoms with E-state index in [0.29, 0.717) is 25.8 Å². The number of carbonyl (C=O) groups is 1. The van der Waals surface area contributed by atoms with Gasteiger partial charge in [0.2, 0.25) is 5.91 Å². The summed E-state index contributed by atoms with van der Waals surface area (Å²) in [5.74, 6) is -0.165. The Morgan fingerprint density at radius 1 is 1.39 bits per heavy atom. The highest BCUT2D eigenvalue weighted by Gasteiger charge is 2.13. The van der Waals surface area contributed by atoms with Crippen LogP contribution in [0, 0.1) is 0 Å². The van der Waals surface area contributed by atoms with Gasteiger partial charge >= 0.3 is 0 Å². The number of aliphatic hydroxyl groups is 1. The van der Waals surface area contributed by atoms with Crippen LogP contribution in [0.3, 0.4) is 0 Å². The van der Waals surface area contributed by atoms with Crippen molar-refractivity contribution in [2.24, 2.45) is 5.73 Å². The third-order valence-corrected chi connectivity index (χ3v) is 2.88. The van der Waals surface area contributed by atoms with Crippen molar-refractivity contribution in [2.75, 3.05) is 6.54 Å². The van der Waals surface area contributed by atoms with Gasteiger partial charge in [0.25, 0.3) is 0 Å². The second-order valence-electron chi connectivity index (χ2n) is 4.44. The molecule has 2 unspecified atom stereocenters. The van der Waals surface area contributed by atoms with E-state index in [2.05, 4.69) is 5.32 Å². The quantitative estimate of drug-likeness (QED) is 0.671. The molecule has 4 N–H and O–H groups in total. The number of benzene rings is 1.